The second-order valence-corrected chi connectivity index (χ2v) is 12.2. The summed E-state index contributed by atoms with van der Waals surface area (Å²) >= 11 is 0. The molecule has 0 atom stereocenters. The number of unbranched alkanes of at least 4 members (excludes halogenated alkanes) is 10. The molecule has 0 N–H and O–H groups in total. The lowest BCUT2D eigenvalue weighted by Crippen LogP contribution is -2.25. The summed E-state index contributed by atoms with van der Waals surface area (Å²) in [6.07, 6.45) is 18.9. The molecule has 1 aliphatic rings. The standard InChI is InChI=1S/C38H52.2CH4/c1-6-8-10-12-14-16-24-38(25-17-15-13-11-9-7-2)36-26-29(3)18-22-34(36)35-23-21-33(28-37(35)38)32-20-19-30(4)31(5)27-32;;/h18-23,26-28H,6-17,24-25H2,1-5H3;2*1H4. The highest BCUT2D eigenvalue weighted by Crippen LogP contribution is 2.55. The third-order valence-electron chi connectivity index (χ3n) is 9.27. The first-order valence-corrected chi connectivity index (χ1v) is 15.8. The molecule has 0 unspecified atom stereocenters. The molecule has 1 aliphatic carbocycles. The van der Waals surface area contributed by atoms with Gasteiger partial charge in [-0.15, -0.1) is 0 Å². The van der Waals surface area contributed by atoms with Crippen LogP contribution in [0.3, 0.4) is 0 Å². The molecule has 0 heteroatoms. The summed E-state index contributed by atoms with van der Waals surface area (Å²) < 4.78 is 0. The molecule has 0 aliphatic heterocycles. The van der Waals surface area contributed by atoms with E-state index in [-0.39, 0.29) is 20.3 Å². The molecule has 3 aromatic carbocycles. The fraction of sp³-hybridized carbons (Fsp3) is 0.550. The van der Waals surface area contributed by atoms with Gasteiger partial charge in [0, 0.05) is 5.41 Å². The first kappa shape index (κ1) is 33.9. The summed E-state index contributed by atoms with van der Waals surface area (Å²) in [5.41, 5.74) is 13.3. The van der Waals surface area contributed by atoms with Crippen molar-refractivity contribution in [3.63, 3.8) is 0 Å². The van der Waals surface area contributed by atoms with Gasteiger partial charge in [-0.05, 0) is 84.2 Å². The Hall–Kier alpha value is -2.34. The van der Waals surface area contributed by atoms with Crippen LogP contribution in [0.25, 0.3) is 22.3 Å². The van der Waals surface area contributed by atoms with Crippen molar-refractivity contribution in [2.45, 2.75) is 145 Å². The quantitative estimate of drug-likeness (QED) is 0.168. The van der Waals surface area contributed by atoms with E-state index in [9.17, 15) is 0 Å². The number of rotatable bonds is 15. The maximum Gasteiger partial charge on any atom is 0.0215 e. The lowest BCUT2D eigenvalue weighted by atomic mass is 9.70. The van der Waals surface area contributed by atoms with Gasteiger partial charge >= 0.3 is 0 Å². The minimum absolute atomic E-state index is 0. The molecule has 4 rings (SSSR count). The third kappa shape index (κ3) is 7.69. The molecule has 220 valence electrons. The van der Waals surface area contributed by atoms with Crippen molar-refractivity contribution in [2.24, 2.45) is 0 Å². The summed E-state index contributed by atoms with van der Waals surface area (Å²) in [5, 5.41) is 0. The minimum Gasteiger partial charge on any atom is -0.0776 e. The molecular formula is C40H60. The van der Waals surface area contributed by atoms with Crippen LogP contribution >= 0.6 is 0 Å². The van der Waals surface area contributed by atoms with Crippen LogP contribution in [-0.4, -0.2) is 0 Å². The number of fused-ring (bicyclic) bond motifs is 3. The van der Waals surface area contributed by atoms with E-state index in [2.05, 4.69) is 89.2 Å². The van der Waals surface area contributed by atoms with Crippen molar-refractivity contribution in [2.75, 3.05) is 0 Å². The summed E-state index contributed by atoms with van der Waals surface area (Å²) in [6, 6.07) is 21.7. The van der Waals surface area contributed by atoms with Gasteiger partial charge in [0.2, 0.25) is 0 Å². The molecule has 0 amide bonds. The molecular weight excluding hydrogens is 480 g/mol. The van der Waals surface area contributed by atoms with E-state index in [0.29, 0.717) is 0 Å². The molecule has 0 bridgehead atoms. The summed E-state index contributed by atoms with van der Waals surface area (Å²) in [4.78, 5) is 0. The van der Waals surface area contributed by atoms with Crippen molar-refractivity contribution in [1.29, 1.82) is 0 Å². The predicted octanol–water partition coefficient (Wildman–Crippen LogP) is 13.3. The van der Waals surface area contributed by atoms with Crippen molar-refractivity contribution < 1.29 is 0 Å². The van der Waals surface area contributed by atoms with Gasteiger partial charge in [0.1, 0.15) is 0 Å². The number of hydrogen-bond donors (Lipinski definition) is 0. The Bertz CT molecular complexity index is 1160. The zero-order chi connectivity index (χ0) is 27.0. The fourth-order valence-corrected chi connectivity index (χ4v) is 6.79. The van der Waals surface area contributed by atoms with Gasteiger partial charge in [0.05, 0.1) is 0 Å². The number of aryl methyl sites for hydroxylation is 3. The molecule has 0 fully saturated rings. The molecule has 0 nitrogen and oxygen atoms in total. The summed E-state index contributed by atoms with van der Waals surface area (Å²) in [5.74, 6) is 0. The lowest BCUT2D eigenvalue weighted by Gasteiger charge is -2.33. The normalized spacial score (nSPS) is 12.8. The molecule has 40 heavy (non-hydrogen) atoms. The Kier molecular flexibility index (Phi) is 13.7. The average molecular weight is 541 g/mol. The zero-order valence-corrected chi connectivity index (χ0v) is 25.1. The third-order valence-corrected chi connectivity index (χ3v) is 9.27. The van der Waals surface area contributed by atoms with Crippen LogP contribution in [0.15, 0.2) is 54.6 Å². The Morgan fingerprint density at radius 3 is 1.52 bits per heavy atom. The van der Waals surface area contributed by atoms with Crippen molar-refractivity contribution in [3.05, 3.63) is 82.4 Å². The number of benzene rings is 3. The summed E-state index contributed by atoms with van der Waals surface area (Å²) in [7, 11) is 0. The lowest BCUT2D eigenvalue weighted by molar-refractivity contribution is 0.398. The molecule has 3 aromatic rings. The van der Waals surface area contributed by atoms with Gasteiger partial charge in [0.25, 0.3) is 0 Å². The fourth-order valence-electron chi connectivity index (χ4n) is 6.79. The molecule has 0 radical (unpaired) electrons. The molecule has 0 spiro atoms. The predicted molar refractivity (Wildman–Crippen MR) is 182 cm³/mol. The maximum atomic E-state index is 2.59. The van der Waals surface area contributed by atoms with Crippen LogP contribution in [0.1, 0.15) is 146 Å². The largest absolute Gasteiger partial charge is 0.0776 e. The van der Waals surface area contributed by atoms with Crippen LogP contribution < -0.4 is 0 Å². The Labute approximate surface area is 249 Å². The topological polar surface area (TPSA) is 0 Å². The Morgan fingerprint density at radius 2 is 0.950 bits per heavy atom. The van der Waals surface area contributed by atoms with E-state index in [1.165, 1.54) is 129 Å². The van der Waals surface area contributed by atoms with Crippen LogP contribution in [0.5, 0.6) is 0 Å². The second kappa shape index (κ2) is 16.2. The highest BCUT2D eigenvalue weighted by atomic mass is 14.4. The zero-order valence-electron chi connectivity index (χ0n) is 25.1. The van der Waals surface area contributed by atoms with Crippen LogP contribution in [0.4, 0.5) is 0 Å². The maximum absolute atomic E-state index is 2.59. The van der Waals surface area contributed by atoms with E-state index in [4.69, 9.17) is 0 Å². The Morgan fingerprint density at radius 1 is 0.475 bits per heavy atom. The molecule has 0 saturated carbocycles. The van der Waals surface area contributed by atoms with E-state index >= 15 is 0 Å². The van der Waals surface area contributed by atoms with E-state index in [1.54, 1.807) is 11.1 Å². The first-order valence-electron chi connectivity index (χ1n) is 15.8. The van der Waals surface area contributed by atoms with Gasteiger partial charge in [-0.25, -0.2) is 0 Å². The van der Waals surface area contributed by atoms with E-state index in [0.717, 1.165) is 0 Å². The monoisotopic (exact) mass is 540 g/mol. The molecule has 0 aromatic heterocycles. The van der Waals surface area contributed by atoms with Gasteiger partial charge in [-0.3, -0.25) is 0 Å². The SMILES string of the molecule is C.C.CCCCCCCCC1(CCCCCCCC)c2cc(C)ccc2-c2ccc(-c3ccc(C)c(C)c3)cc21. The van der Waals surface area contributed by atoms with Crippen molar-refractivity contribution in [1.82, 2.24) is 0 Å². The molecule has 0 heterocycles. The van der Waals surface area contributed by atoms with E-state index < -0.39 is 0 Å². The minimum atomic E-state index is 0. The summed E-state index contributed by atoms with van der Waals surface area (Å²) in [6.45, 7) is 11.4. The van der Waals surface area contributed by atoms with E-state index in [1.807, 2.05) is 0 Å². The van der Waals surface area contributed by atoms with Crippen molar-refractivity contribution >= 4 is 0 Å². The average Bonchev–Trinajstić information content (AvgIpc) is 3.18. The Balaban J connectivity index is 0.00000280. The van der Waals surface area contributed by atoms with Crippen molar-refractivity contribution in [3.8, 4) is 22.3 Å². The van der Waals surface area contributed by atoms with Crippen LogP contribution in [0, 0.1) is 20.8 Å². The highest BCUT2D eigenvalue weighted by molar-refractivity contribution is 5.84. The van der Waals surface area contributed by atoms with Gasteiger partial charge in [-0.1, -0.05) is 160 Å². The smallest absolute Gasteiger partial charge is 0.0215 e. The highest BCUT2D eigenvalue weighted by Gasteiger charge is 2.42. The number of hydrogen-bond acceptors (Lipinski definition) is 0. The van der Waals surface area contributed by atoms with Gasteiger partial charge in [-0.2, -0.15) is 0 Å². The van der Waals surface area contributed by atoms with Gasteiger partial charge in [0.15, 0.2) is 0 Å². The van der Waals surface area contributed by atoms with Crippen LogP contribution in [-0.2, 0) is 5.41 Å². The first-order chi connectivity index (χ1) is 18.5. The van der Waals surface area contributed by atoms with Crippen LogP contribution in [0.2, 0.25) is 0 Å². The van der Waals surface area contributed by atoms with Gasteiger partial charge < -0.3 is 0 Å². The second-order valence-electron chi connectivity index (χ2n) is 12.2. The molecule has 0 saturated heterocycles.